The summed E-state index contributed by atoms with van der Waals surface area (Å²) in [6, 6.07) is -0.101. The molecule has 3 rings (SSSR count). The van der Waals surface area contributed by atoms with Gasteiger partial charge in [-0.2, -0.15) is 11.8 Å². The van der Waals surface area contributed by atoms with Gasteiger partial charge in [-0.1, -0.05) is 0 Å². The Balaban J connectivity index is 1.70. The van der Waals surface area contributed by atoms with Gasteiger partial charge in [0.05, 0.1) is 6.04 Å². The van der Waals surface area contributed by atoms with Crippen LogP contribution in [0.3, 0.4) is 0 Å². The lowest BCUT2D eigenvalue weighted by molar-refractivity contribution is -0.137. The van der Waals surface area contributed by atoms with Gasteiger partial charge < -0.3 is 9.32 Å². The molecule has 21 heavy (non-hydrogen) atoms. The van der Waals surface area contributed by atoms with Crippen molar-refractivity contribution in [2.24, 2.45) is 0 Å². The SMILES string of the molecule is Cc1nnc([C@@H]2CCCN2C(=O)[C@H](C)N2CCSCC2)o1. The van der Waals surface area contributed by atoms with Crippen molar-refractivity contribution in [2.75, 3.05) is 31.1 Å². The van der Waals surface area contributed by atoms with Crippen LogP contribution in [0.1, 0.15) is 37.6 Å². The Hall–Kier alpha value is -1.08. The summed E-state index contributed by atoms with van der Waals surface area (Å²) in [6.07, 6.45) is 1.91. The number of aromatic nitrogens is 2. The Labute approximate surface area is 129 Å². The second kappa shape index (κ2) is 6.36. The van der Waals surface area contributed by atoms with Crippen molar-refractivity contribution in [3.63, 3.8) is 0 Å². The maximum Gasteiger partial charge on any atom is 0.240 e. The molecule has 2 saturated heterocycles. The molecule has 1 amide bonds. The zero-order chi connectivity index (χ0) is 14.8. The topological polar surface area (TPSA) is 62.5 Å². The Morgan fingerprint density at radius 1 is 1.33 bits per heavy atom. The summed E-state index contributed by atoms with van der Waals surface area (Å²) in [5.41, 5.74) is 0. The van der Waals surface area contributed by atoms with Gasteiger partial charge in [0.2, 0.25) is 17.7 Å². The number of thioether (sulfide) groups is 1. The van der Waals surface area contributed by atoms with Crippen molar-refractivity contribution in [1.82, 2.24) is 20.0 Å². The number of hydrogen-bond acceptors (Lipinski definition) is 6. The highest BCUT2D eigenvalue weighted by Crippen LogP contribution is 2.32. The van der Waals surface area contributed by atoms with E-state index in [1.165, 1.54) is 0 Å². The number of nitrogens with zero attached hydrogens (tertiary/aromatic N) is 4. The molecule has 7 heteroatoms. The number of aryl methyl sites for hydroxylation is 1. The number of hydrogen-bond donors (Lipinski definition) is 0. The summed E-state index contributed by atoms with van der Waals surface area (Å²) in [6.45, 7) is 6.59. The molecule has 2 aliphatic rings. The van der Waals surface area contributed by atoms with E-state index in [0.29, 0.717) is 11.8 Å². The zero-order valence-electron chi connectivity index (χ0n) is 12.6. The first-order chi connectivity index (χ1) is 10.2. The third-order valence-corrected chi connectivity index (χ3v) is 5.26. The first-order valence-corrected chi connectivity index (χ1v) is 8.74. The molecule has 1 aromatic rings. The van der Waals surface area contributed by atoms with Gasteiger partial charge in [-0.3, -0.25) is 9.69 Å². The summed E-state index contributed by atoms with van der Waals surface area (Å²) in [7, 11) is 0. The first kappa shape index (κ1) is 14.8. The van der Waals surface area contributed by atoms with Gasteiger partial charge in [0.1, 0.15) is 6.04 Å². The molecule has 0 spiro atoms. The Bertz CT molecular complexity index is 501. The lowest BCUT2D eigenvalue weighted by Crippen LogP contribution is -2.49. The molecular formula is C14H22N4O2S. The van der Waals surface area contributed by atoms with E-state index < -0.39 is 0 Å². The van der Waals surface area contributed by atoms with Crippen molar-refractivity contribution in [1.29, 1.82) is 0 Å². The average Bonchev–Trinajstić information content (AvgIpc) is 3.15. The molecule has 0 unspecified atom stereocenters. The number of likely N-dealkylation sites (tertiary alicyclic amines) is 1. The molecular weight excluding hydrogens is 288 g/mol. The molecule has 0 bridgehead atoms. The van der Waals surface area contributed by atoms with Crippen LogP contribution in [0.2, 0.25) is 0 Å². The fraction of sp³-hybridized carbons (Fsp3) is 0.786. The normalized spacial score (nSPS) is 25.2. The predicted molar refractivity (Wildman–Crippen MR) is 81.1 cm³/mol. The summed E-state index contributed by atoms with van der Waals surface area (Å²) in [5, 5.41) is 8.00. The lowest BCUT2D eigenvalue weighted by Gasteiger charge is -2.34. The van der Waals surface area contributed by atoms with Crippen molar-refractivity contribution >= 4 is 17.7 Å². The molecule has 0 aliphatic carbocycles. The largest absolute Gasteiger partial charge is 0.423 e. The smallest absolute Gasteiger partial charge is 0.240 e. The van der Waals surface area contributed by atoms with Gasteiger partial charge in [-0.05, 0) is 19.8 Å². The Morgan fingerprint density at radius 3 is 2.76 bits per heavy atom. The van der Waals surface area contributed by atoms with Crippen LogP contribution in [0.15, 0.2) is 4.42 Å². The standard InChI is InChI=1S/C14H22N4O2S/c1-10(17-6-8-21-9-7-17)14(19)18-5-3-4-12(18)13-16-15-11(2)20-13/h10,12H,3-9H2,1-2H3/t10-,12-/m0/s1. The van der Waals surface area contributed by atoms with E-state index >= 15 is 0 Å². The summed E-state index contributed by atoms with van der Waals surface area (Å²) < 4.78 is 5.54. The first-order valence-electron chi connectivity index (χ1n) is 7.59. The van der Waals surface area contributed by atoms with E-state index in [2.05, 4.69) is 15.1 Å². The fourth-order valence-electron chi connectivity index (χ4n) is 3.09. The number of carbonyl (C=O) groups is 1. The van der Waals surface area contributed by atoms with E-state index in [4.69, 9.17) is 4.42 Å². The highest BCUT2D eigenvalue weighted by atomic mass is 32.2. The molecule has 1 aromatic heterocycles. The second-order valence-electron chi connectivity index (χ2n) is 5.67. The van der Waals surface area contributed by atoms with E-state index in [1.807, 2.05) is 23.6 Å². The van der Waals surface area contributed by atoms with Crippen LogP contribution in [-0.4, -0.2) is 63.1 Å². The van der Waals surface area contributed by atoms with Crippen molar-refractivity contribution < 1.29 is 9.21 Å². The highest BCUT2D eigenvalue weighted by molar-refractivity contribution is 7.99. The maximum atomic E-state index is 12.8. The Morgan fingerprint density at radius 2 is 2.10 bits per heavy atom. The van der Waals surface area contributed by atoms with E-state index in [9.17, 15) is 4.79 Å². The van der Waals surface area contributed by atoms with Crippen molar-refractivity contribution in [2.45, 2.75) is 38.8 Å². The number of rotatable bonds is 3. The molecule has 2 aliphatic heterocycles. The second-order valence-corrected chi connectivity index (χ2v) is 6.90. The van der Waals surface area contributed by atoms with Crippen LogP contribution in [0.25, 0.3) is 0 Å². The lowest BCUT2D eigenvalue weighted by atomic mass is 10.2. The highest BCUT2D eigenvalue weighted by Gasteiger charge is 2.37. The van der Waals surface area contributed by atoms with Crippen LogP contribution in [0.5, 0.6) is 0 Å². The van der Waals surface area contributed by atoms with Gasteiger partial charge in [0, 0.05) is 38.1 Å². The van der Waals surface area contributed by atoms with Crippen molar-refractivity contribution in [3.8, 4) is 0 Å². The van der Waals surface area contributed by atoms with E-state index in [1.54, 1.807) is 6.92 Å². The van der Waals surface area contributed by atoms with E-state index in [-0.39, 0.29) is 18.0 Å². The van der Waals surface area contributed by atoms with Gasteiger partial charge in [-0.15, -0.1) is 10.2 Å². The van der Waals surface area contributed by atoms with E-state index in [0.717, 1.165) is 44.0 Å². The summed E-state index contributed by atoms with van der Waals surface area (Å²) in [4.78, 5) is 17.0. The third-order valence-electron chi connectivity index (χ3n) is 4.31. The van der Waals surface area contributed by atoms with Crippen LogP contribution in [-0.2, 0) is 4.79 Å². The minimum atomic E-state index is -0.0597. The molecule has 0 radical (unpaired) electrons. The molecule has 3 heterocycles. The van der Waals surface area contributed by atoms with Crippen molar-refractivity contribution in [3.05, 3.63) is 11.8 Å². The molecule has 6 nitrogen and oxygen atoms in total. The molecule has 0 saturated carbocycles. The monoisotopic (exact) mass is 310 g/mol. The van der Waals surface area contributed by atoms with Crippen LogP contribution in [0, 0.1) is 6.92 Å². The maximum absolute atomic E-state index is 12.8. The average molecular weight is 310 g/mol. The number of carbonyl (C=O) groups excluding carboxylic acids is 1. The quantitative estimate of drug-likeness (QED) is 0.843. The van der Waals surface area contributed by atoms with Gasteiger partial charge in [0.25, 0.3) is 0 Å². The summed E-state index contributed by atoms with van der Waals surface area (Å²) >= 11 is 1.96. The minimum Gasteiger partial charge on any atom is -0.423 e. The van der Waals surface area contributed by atoms with Gasteiger partial charge in [-0.25, -0.2) is 0 Å². The predicted octanol–water partition coefficient (Wildman–Crippen LogP) is 1.48. The van der Waals surface area contributed by atoms with Crippen LogP contribution >= 0.6 is 11.8 Å². The molecule has 0 N–H and O–H groups in total. The Kier molecular flexibility index (Phi) is 4.49. The summed E-state index contributed by atoms with van der Waals surface area (Å²) in [5.74, 6) is 3.57. The zero-order valence-corrected chi connectivity index (χ0v) is 13.4. The molecule has 0 aromatic carbocycles. The molecule has 116 valence electrons. The van der Waals surface area contributed by atoms with Gasteiger partial charge >= 0.3 is 0 Å². The van der Waals surface area contributed by atoms with Crippen LogP contribution in [0.4, 0.5) is 0 Å². The third kappa shape index (κ3) is 3.08. The fourth-order valence-corrected chi connectivity index (χ4v) is 4.03. The minimum absolute atomic E-state index is 0.0414. The van der Waals surface area contributed by atoms with Crippen LogP contribution < -0.4 is 0 Å². The molecule has 2 atom stereocenters. The van der Waals surface area contributed by atoms with Gasteiger partial charge in [0.15, 0.2) is 0 Å². The molecule has 2 fully saturated rings. The number of amides is 1.